The molecule has 1 saturated heterocycles. The number of halogens is 2. The number of ether oxygens (including phenoxy) is 1. The lowest BCUT2D eigenvalue weighted by atomic mass is 9.80. The summed E-state index contributed by atoms with van der Waals surface area (Å²) in [5.74, 6) is -2.72. The van der Waals surface area contributed by atoms with Gasteiger partial charge in [-0.15, -0.1) is 23.2 Å². The molecule has 1 N–H and O–H groups in total. The molecule has 0 unspecified atom stereocenters. The molecule has 2 fully saturated rings. The van der Waals surface area contributed by atoms with E-state index in [9.17, 15) is 19.2 Å². The summed E-state index contributed by atoms with van der Waals surface area (Å²) in [7, 11) is 0. The molecule has 9 heteroatoms. The SMILES string of the molecule is Cc1cccc(NC(=O)COC(=O)c2ccc(N3C(=O)[C@H]4C[C@H](Cl)[C@@H](Cl)C[C@H]4C3=O)cc2)c1. The van der Waals surface area contributed by atoms with E-state index < -0.39 is 30.3 Å². The van der Waals surface area contributed by atoms with Crippen LogP contribution in [0.1, 0.15) is 28.8 Å². The van der Waals surface area contributed by atoms with Crippen molar-refractivity contribution in [2.45, 2.75) is 30.5 Å². The molecule has 2 aliphatic rings. The molecule has 0 spiro atoms. The zero-order chi connectivity index (χ0) is 23.7. The number of anilines is 2. The van der Waals surface area contributed by atoms with Crippen molar-refractivity contribution in [2.75, 3.05) is 16.8 Å². The first-order valence-corrected chi connectivity index (χ1v) is 11.4. The molecule has 1 heterocycles. The van der Waals surface area contributed by atoms with Gasteiger partial charge in [0.1, 0.15) is 0 Å². The molecule has 2 aromatic carbocycles. The third-order valence-corrected chi connectivity index (χ3v) is 7.00. The third kappa shape index (κ3) is 4.89. The Labute approximate surface area is 201 Å². The van der Waals surface area contributed by atoms with Crippen molar-refractivity contribution in [3.8, 4) is 0 Å². The molecule has 172 valence electrons. The van der Waals surface area contributed by atoms with Crippen molar-refractivity contribution in [3.63, 3.8) is 0 Å². The van der Waals surface area contributed by atoms with E-state index in [2.05, 4.69) is 5.32 Å². The largest absolute Gasteiger partial charge is 0.452 e. The number of amides is 3. The number of benzene rings is 2. The summed E-state index contributed by atoms with van der Waals surface area (Å²) in [5.41, 5.74) is 2.16. The zero-order valence-electron chi connectivity index (χ0n) is 17.8. The Kier molecular flexibility index (Phi) is 6.72. The summed E-state index contributed by atoms with van der Waals surface area (Å²) >= 11 is 12.4. The minimum absolute atomic E-state index is 0.195. The van der Waals surface area contributed by atoms with E-state index in [1.54, 1.807) is 12.1 Å². The van der Waals surface area contributed by atoms with E-state index in [1.165, 1.54) is 24.3 Å². The predicted molar refractivity (Wildman–Crippen MR) is 125 cm³/mol. The highest BCUT2D eigenvalue weighted by Gasteiger charge is 2.52. The molecule has 3 amide bonds. The summed E-state index contributed by atoms with van der Waals surface area (Å²) in [6, 6.07) is 13.2. The zero-order valence-corrected chi connectivity index (χ0v) is 19.3. The Balaban J connectivity index is 1.37. The molecule has 1 aliphatic carbocycles. The molecular formula is C24H22Cl2N2O5. The van der Waals surface area contributed by atoms with Crippen LogP contribution in [-0.2, 0) is 19.1 Å². The van der Waals surface area contributed by atoms with E-state index >= 15 is 0 Å². The number of nitrogens with zero attached hydrogens (tertiary/aromatic N) is 1. The highest BCUT2D eigenvalue weighted by Crippen LogP contribution is 2.43. The Bertz CT molecular complexity index is 1080. The summed E-state index contributed by atoms with van der Waals surface area (Å²) < 4.78 is 5.07. The van der Waals surface area contributed by atoms with Gasteiger partial charge in [-0.2, -0.15) is 0 Å². The highest BCUT2D eigenvalue weighted by molar-refractivity contribution is 6.31. The van der Waals surface area contributed by atoms with Gasteiger partial charge in [-0.05, 0) is 61.7 Å². The fraction of sp³-hybridized carbons (Fsp3) is 0.333. The van der Waals surface area contributed by atoms with Gasteiger partial charge in [0, 0.05) is 5.69 Å². The molecular weight excluding hydrogens is 467 g/mol. The highest BCUT2D eigenvalue weighted by atomic mass is 35.5. The molecule has 0 bridgehead atoms. The van der Waals surface area contributed by atoms with Crippen LogP contribution in [-0.4, -0.2) is 41.1 Å². The average Bonchev–Trinajstić information content (AvgIpc) is 3.02. The number of hydrogen-bond acceptors (Lipinski definition) is 5. The normalized spacial score (nSPS) is 24.4. The molecule has 0 aromatic heterocycles. The second kappa shape index (κ2) is 9.53. The van der Waals surface area contributed by atoms with Gasteiger partial charge in [0.25, 0.3) is 5.91 Å². The van der Waals surface area contributed by atoms with E-state index in [1.807, 2.05) is 19.1 Å². The first-order chi connectivity index (χ1) is 15.7. The van der Waals surface area contributed by atoms with Crippen LogP contribution in [0.2, 0.25) is 0 Å². The maximum absolute atomic E-state index is 12.8. The van der Waals surface area contributed by atoms with E-state index in [0.717, 1.165) is 10.5 Å². The average molecular weight is 489 g/mol. The van der Waals surface area contributed by atoms with Crippen molar-refractivity contribution in [3.05, 3.63) is 59.7 Å². The lowest BCUT2D eigenvalue weighted by molar-refractivity contribution is -0.122. The number of aryl methyl sites for hydroxylation is 1. The van der Waals surface area contributed by atoms with Gasteiger partial charge in [0.05, 0.1) is 33.8 Å². The fourth-order valence-electron chi connectivity index (χ4n) is 4.23. The molecule has 7 nitrogen and oxygen atoms in total. The van der Waals surface area contributed by atoms with E-state index in [4.69, 9.17) is 27.9 Å². The second-order valence-corrected chi connectivity index (χ2v) is 9.39. The van der Waals surface area contributed by atoms with E-state index in [-0.39, 0.29) is 28.1 Å². The van der Waals surface area contributed by atoms with Crippen molar-refractivity contribution in [1.29, 1.82) is 0 Å². The number of fused-ring (bicyclic) bond motifs is 1. The topological polar surface area (TPSA) is 92.8 Å². The van der Waals surface area contributed by atoms with Crippen LogP contribution in [0.3, 0.4) is 0 Å². The summed E-state index contributed by atoms with van der Waals surface area (Å²) in [4.78, 5) is 51.2. The fourth-order valence-corrected chi connectivity index (χ4v) is 4.82. The van der Waals surface area contributed by atoms with Gasteiger partial charge in [-0.25, -0.2) is 4.79 Å². The Morgan fingerprint density at radius 2 is 1.61 bits per heavy atom. The lowest BCUT2D eigenvalue weighted by Gasteiger charge is -2.28. The minimum Gasteiger partial charge on any atom is -0.452 e. The number of carbonyl (C=O) groups excluding carboxylic acids is 4. The Hall–Kier alpha value is -2.90. The van der Waals surface area contributed by atoms with Crippen molar-refractivity contribution in [1.82, 2.24) is 0 Å². The van der Waals surface area contributed by atoms with Crippen LogP contribution in [0, 0.1) is 18.8 Å². The number of alkyl halides is 2. The predicted octanol–water partition coefficient (Wildman–Crippen LogP) is 3.90. The van der Waals surface area contributed by atoms with Gasteiger partial charge in [0.2, 0.25) is 11.8 Å². The standard InChI is InChI=1S/C24H22Cl2N2O5/c1-13-3-2-4-15(9-13)27-21(29)12-33-24(32)14-5-7-16(8-6-14)28-22(30)17-10-19(25)20(26)11-18(17)23(28)31/h2-9,17-20H,10-12H2,1H3,(H,27,29)/t17-,18+,19-,20-/m0/s1. The summed E-state index contributed by atoms with van der Waals surface area (Å²) in [5, 5.41) is 1.95. The molecule has 2 aromatic rings. The van der Waals surface area contributed by atoms with Gasteiger partial charge in [-0.1, -0.05) is 12.1 Å². The molecule has 4 atom stereocenters. The summed E-state index contributed by atoms with van der Waals surface area (Å²) in [6.07, 6.45) is 0.715. The molecule has 33 heavy (non-hydrogen) atoms. The van der Waals surface area contributed by atoms with Crippen molar-refractivity contribution in [2.24, 2.45) is 11.8 Å². The lowest BCUT2D eigenvalue weighted by Crippen LogP contribution is -2.34. The van der Waals surface area contributed by atoms with Crippen LogP contribution in [0.25, 0.3) is 0 Å². The van der Waals surface area contributed by atoms with Gasteiger partial charge >= 0.3 is 5.97 Å². The maximum Gasteiger partial charge on any atom is 0.338 e. The minimum atomic E-state index is -0.691. The van der Waals surface area contributed by atoms with Crippen LogP contribution < -0.4 is 10.2 Å². The number of nitrogens with one attached hydrogen (secondary N) is 1. The summed E-state index contributed by atoms with van der Waals surface area (Å²) in [6.45, 7) is 1.46. The quantitative estimate of drug-likeness (QED) is 0.391. The monoisotopic (exact) mass is 488 g/mol. The number of hydrogen-bond donors (Lipinski definition) is 1. The Morgan fingerprint density at radius 1 is 1.00 bits per heavy atom. The number of esters is 1. The van der Waals surface area contributed by atoms with Gasteiger partial charge < -0.3 is 10.1 Å². The van der Waals surface area contributed by atoms with Crippen LogP contribution in [0.4, 0.5) is 11.4 Å². The first-order valence-electron chi connectivity index (χ1n) is 10.5. The smallest absolute Gasteiger partial charge is 0.338 e. The second-order valence-electron chi connectivity index (χ2n) is 8.27. The number of carbonyl (C=O) groups is 4. The van der Waals surface area contributed by atoms with Crippen LogP contribution in [0.5, 0.6) is 0 Å². The number of imide groups is 1. The van der Waals surface area contributed by atoms with Crippen molar-refractivity contribution >= 4 is 58.3 Å². The Morgan fingerprint density at radius 3 is 2.18 bits per heavy atom. The third-order valence-electron chi connectivity index (χ3n) is 5.91. The molecule has 1 aliphatic heterocycles. The van der Waals surface area contributed by atoms with Crippen molar-refractivity contribution < 1.29 is 23.9 Å². The first kappa shape index (κ1) is 23.3. The van der Waals surface area contributed by atoms with Gasteiger partial charge in [0.15, 0.2) is 6.61 Å². The molecule has 0 radical (unpaired) electrons. The molecule has 4 rings (SSSR count). The van der Waals surface area contributed by atoms with Gasteiger partial charge in [-0.3, -0.25) is 19.3 Å². The van der Waals surface area contributed by atoms with Crippen LogP contribution in [0.15, 0.2) is 48.5 Å². The number of rotatable bonds is 5. The molecule has 1 saturated carbocycles. The van der Waals surface area contributed by atoms with Crippen LogP contribution >= 0.6 is 23.2 Å². The van der Waals surface area contributed by atoms with E-state index in [0.29, 0.717) is 24.2 Å². The maximum atomic E-state index is 12.8.